The zero-order valence-corrected chi connectivity index (χ0v) is 12.0. The maximum absolute atomic E-state index is 11.8. The van der Waals surface area contributed by atoms with Crippen molar-refractivity contribution >= 4 is 5.91 Å². The fraction of sp³-hybridized carbons (Fsp3) is 0.600. The van der Waals surface area contributed by atoms with Crippen molar-refractivity contribution in [3.8, 4) is 0 Å². The van der Waals surface area contributed by atoms with Gasteiger partial charge in [0.2, 0.25) is 5.91 Å². The van der Waals surface area contributed by atoms with Crippen LogP contribution in [-0.4, -0.2) is 30.5 Å². The fourth-order valence-electron chi connectivity index (χ4n) is 2.11. The molecular weight excluding hydrogens is 238 g/mol. The highest BCUT2D eigenvalue weighted by Crippen LogP contribution is 2.11. The van der Waals surface area contributed by atoms with E-state index in [-0.39, 0.29) is 11.8 Å². The molecule has 1 saturated heterocycles. The topological polar surface area (TPSA) is 54.0 Å². The molecule has 0 radical (unpaired) electrons. The minimum absolute atomic E-state index is 0.202. The third-order valence-electron chi connectivity index (χ3n) is 3.17. The lowest BCUT2D eigenvalue weighted by molar-refractivity contribution is -0.125. The summed E-state index contributed by atoms with van der Waals surface area (Å²) in [5.41, 5.74) is 1.21. The monoisotopic (exact) mass is 263 g/mol. The molecule has 19 heavy (non-hydrogen) atoms. The van der Waals surface area contributed by atoms with Crippen LogP contribution in [-0.2, 0) is 11.2 Å². The Kier molecular flexibility index (Phi) is 7.82. The molecule has 0 aromatic carbocycles. The van der Waals surface area contributed by atoms with Crippen LogP contribution in [0.3, 0.4) is 0 Å². The maximum atomic E-state index is 11.8. The largest absolute Gasteiger partial charge is 0.356 e. The van der Waals surface area contributed by atoms with Crippen LogP contribution in [0.15, 0.2) is 24.5 Å². The van der Waals surface area contributed by atoms with Gasteiger partial charge in [-0.15, -0.1) is 0 Å². The lowest BCUT2D eigenvalue weighted by atomic mass is 9.97. The predicted octanol–water partition coefficient (Wildman–Crippen LogP) is 1.77. The molecule has 0 atom stereocenters. The fourth-order valence-corrected chi connectivity index (χ4v) is 2.11. The molecule has 4 heteroatoms. The highest BCUT2D eigenvalue weighted by molar-refractivity contribution is 5.78. The van der Waals surface area contributed by atoms with E-state index < -0.39 is 0 Å². The van der Waals surface area contributed by atoms with Crippen LogP contribution in [0.1, 0.15) is 32.3 Å². The second-order valence-electron chi connectivity index (χ2n) is 4.42. The van der Waals surface area contributed by atoms with E-state index in [0.29, 0.717) is 6.54 Å². The zero-order chi connectivity index (χ0) is 13.9. The summed E-state index contributed by atoms with van der Waals surface area (Å²) in [6, 6.07) is 3.97. The average Bonchev–Trinajstić information content (AvgIpc) is 2.51. The maximum Gasteiger partial charge on any atom is 0.223 e. The quantitative estimate of drug-likeness (QED) is 0.870. The molecule has 1 fully saturated rings. The third kappa shape index (κ3) is 5.83. The molecular formula is C15H25N3O. The van der Waals surface area contributed by atoms with Gasteiger partial charge in [-0.25, -0.2) is 0 Å². The Labute approximate surface area is 116 Å². The number of rotatable bonds is 4. The van der Waals surface area contributed by atoms with Gasteiger partial charge in [-0.05, 0) is 50.0 Å². The normalized spacial score (nSPS) is 15.3. The van der Waals surface area contributed by atoms with Crippen LogP contribution >= 0.6 is 0 Å². The van der Waals surface area contributed by atoms with E-state index in [9.17, 15) is 4.79 Å². The summed E-state index contributed by atoms with van der Waals surface area (Å²) in [6.45, 7) is 6.64. The number of hydrogen-bond acceptors (Lipinski definition) is 3. The molecule has 1 aliphatic rings. The van der Waals surface area contributed by atoms with Crippen LogP contribution in [0, 0.1) is 5.92 Å². The van der Waals surface area contributed by atoms with Crippen LogP contribution in [0.25, 0.3) is 0 Å². The van der Waals surface area contributed by atoms with Crippen molar-refractivity contribution in [1.82, 2.24) is 15.6 Å². The summed E-state index contributed by atoms with van der Waals surface area (Å²) < 4.78 is 0. The molecule has 0 bridgehead atoms. The first kappa shape index (κ1) is 15.6. The molecule has 2 N–H and O–H groups in total. The van der Waals surface area contributed by atoms with Crippen molar-refractivity contribution < 1.29 is 4.79 Å². The van der Waals surface area contributed by atoms with E-state index in [0.717, 1.165) is 32.4 Å². The zero-order valence-electron chi connectivity index (χ0n) is 12.0. The van der Waals surface area contributed by atoms with Crippen LogP contribution in [0.5, 0.6) is 0 Å². The van der Waals surface area contributed by atoms with Crippen LogP contribution < -0.4 is 10.6 Å². The molecule has 0 aliphatic carbocycles. The minimum Gasteiger partial charge on any atom is -0.356 e. The van der Waals surface area contributed by atoms with Crippen molar-refractivity contribution in [2.24, 2.45) is 5.92 Å². The number of amides is 1. The molecule has 2 rings (SSSR count). The summed E-state index contributed by atoms with van der Waals surface area (Å²) >= 11 is 0. The summed E-state index contributed by atoms with van der Waals surface area (Å²) in [6.07, 6.45) is 6.36. The number of carbonyl (C=O) groups is 1. The first-order valence-electron chi connectivity index (χ1n) is 7.23. The number of nitrogens with one attached hydrogen (secondary N) is 2. The van der Waals surface area contributed by atoms with Gasteiger partial charge in [-0.1, -0.05) is 13.8 Å². The van der Waals surface area contributed by atoms with Gasteiger partial charge < -0.3 is 10.6 Å². The lowest BCUT2D eigenvalue weighted by Gasteiger charge is -2.21. The Morgan fingerprint density at radius 1 is 1.32 bits per heavy atom. The van der Waals surface area contributed by atoms with E-state index >= 15 is 0 Å². The molecule has 106 valence electrons. The van der Waals surface area contributed by atoms with Gasteiger partial charge in [0.25, 0.3) is 0 Å². The molecule has 1 amide bonds. The van der Waals surface area contributed by atoms with Gasteiger partial charge in [0, 0.05) is 24.9 Å². The van der Waals surface area contributed by atoms with Gasteiger partial charge >= 0.3 is 0 Å². The smallest absolute Gasteiger partial charge is 0.223 e. The second kappa shape index (κ2) is 9.50. The van der Waals surface area contributed by atoms with Gasteiger partial charge in [0.15, 0.2) is 0 Å². The van der Waals surface area contributed by atoms with Gasteiger partial charge in [-0.2, -0.15) is 0 Å². The standard InChI is InChI=1S/C13H19N3O.C2H6/c17-13(12-4-8-15-9-5-12)16-10-3-11-1-6-14-7-2-11;1-2/h1-2,6-7,12,15H,3-5,8-10H2,(H,16,17);1-2H3. The van der Waals surface area contributed by atoms with Crippen molar-refractivity contribution in [2.75, 3.05) is 19.6 Å². The molecule has 1 aliphatic heterocycles. The van der Waals surface area contributed by atoms with Gasteiger partial charge in [0.1, 0.15) is 0 Å². The molecule has 4 nitrogen and oxygen atoms in total. The van der Waals surface area contributed by atoms with E-state index in [4.69, 9.17) is 0 Å². The van der Waals surface area contributed by atoms with Gasteiger partial charge in [0.05, 0.1) is 0 Å². The molecule has 0 unspecified atom stereocenters. The number of pyridine rings is 1. The summed E-state index contributed by atoms with van der Waals surface area (Å²) in [7, 11) is 0. The van der Waals surface area contributed by atoms with E-state index in [2.05, 4.69) is 15.6 Å². The molecule has 0 saturated carbocycles. The first-order chi connectivity index (χ1) is 9.36. The van der Waals surface area contributed by atoms with E-state index in [1.54, 1.807) is 12.4 Å². The number of nitrogens with zero attached hydrogens (tertiary/aromatic N) is 1. The summed E-state index contributed by atoms with van der Waals surface area (Å²) in [4.78, 5) is 15.8. The lowest BCUT2D eigenvalue weighted by Crippen LogP contribution is -2.38. The molecule has 1 aromatic rings. The number of carbonyl (C=O) groups excluding carboxylic acids is 1. The highest BCUT2D eigenvalue weighted by atomic mass is 16.1. The van der Waals surface area contributed by atoms with E-state index in [1.165, 1.54) is 5.56 Å². The first-order valence-corrected chi connectivity index (χ1v) is 7.23. The van der Waals surface area contributed by atoms with Crippen molar-refractivity contribution in [3.05, 3.63) is 30.1 Å². The highest BCUT2D eigenvalue weighted by Gasteiger charge is 2.19. The van der Waals surface area contributed by atoms with Crippen molar-refractivity contribution in [3.63, 3.8) is 0 Å². The minimum atomic E-state index is 0.202. The predicted molar refractivity (Wildman–Crippen MR) is 77.9 cm³/mol. The average molecular weight is 263 g/mol. The number of hydrogen-bond donors (Lipinski definition) is 2. The molecule has 1 aromatic heterocycles. The SMILES string of the molecule is CC.O=C(NCCc1ccncc1)C1CCNCC1. The molecule has 2 heterocycles. The van der Waals surface area contributed by atoms with Crippen LogP contribution in [0.4, 0.5) is 0 Å². The summed E-state index contributed by atoms with van der Waals surface area (Å²) in [5.74, 6) is 0.411. The summed E-state index contributed by atoms with van der Waals surface area (Å²) in [5, 5.41) is 6.28. The third-order valence-corrected chi connectivity index (χ3v) is 3.17. The van der Waals surface area contributed by atoms with Gasteiger partial charge in [-0.3, -0.25) is 9.78 Å². The Hall–Kier alpha value is -1.42. The Morgan fingerprint density at radius 3 is 2.58 bits per heavy atom. The Balaban J connectivity index is 0.000000861. The van der Waals surface area contributed by atoms with Crippen LogP contribution in [0.2, 0.25) is 0 Å². The Morgan fingerprint density at radius 2 is 1.95 bits per heavy atom. The molecule has 0 spiro atoms. The number of aromatic nitrogens is 1. The Bertz CT molecular complexity index is 348. The number of piperidine rings is 1. The van der Waals surface area contributed by atoms with E-state index in [1.807, 2.05) is 26.0 Å². The van der Waals surface area contributed by atoms with Crippen molar-refractivity contribution in [1.29, 1.82) is 0 Å². The second-order valence-corrected chi connectivity index (χ2v) is 4.42. The van der Waals surface area contributed by atoms with Crippen molar-refractivity contribution in [2.45, 2.75) is 33.1 Å².